The third kappa shape index (κ3) is 5.17. The van der Waals surface area contributed by atoms with Gasteiger partial charge in [0.1, 0.15) is 17.0 Å². The van der Waals surface area contributed by atoms with Gasteiger partial charge in [0.15, 0.2) is 5.82 Å². The summed E-state index contributed by atoms with van der Waals surface area (Å²) < 4.78 is 14.1. The maximum absolute atomic E-state index is 14.1. The molecule has 4 aromatic heterocycles. The highest BCUT2D eigenvalue weighted by atomic mass is 19.1. The molecule has 0 unspecified atom stereocenters. The van der Waals surface area contributed by atoms with Crippen molar-refractivity contribution in [2.45, 2.75) is 45.4 Å². The Morgan fingerprint density at radius 2 is 1.98 bits per heavy atom. The highest BCUT2D eigenvalue weighted by Crippen LogP contribution is 2.29. The third-order valence-corrected chi connectivity index (χ3v) is 7.67. The number of hydrogen-bond acceptors (Lipinski definition) is 5. The van der Waals surface area contributed by atoms with Gasteiger partial charge in [0.2, 0.25) is 0 Å². The summed E-state index contributed by atoms with van der Waals surface area (Å²) in [6.07, 6.45) is 17.2. The van der Waals surface area contributed by atoms with Crippen molar-refractivity contribution in [2.75, 3.05) is 5.73 Å². The van der Waals surface area contributed by atoms with Crippen molar-refractivity contribution in [1.82, 2.24) is 30.1 Å². The van der Waals surface area contributed by atoms with E-state index in [2.05, 4.69) is 37.8 Å². The monoisotopic (exact) mass is 533 g/mol. The van der Waals surface area contributed by atoms with E-state index >= 15 is 0 Å². The van der Waals surface area contributed by atoms with Crippen LogP contribution < -0.4 is 16.3 Å². The van der Waals surface area contributed by atoms with Crippen molar-refractivity contribution in [3.05, 3.63) is 83.0 Å². The number of anilines is 1. The Balaban J connectivity index is 1.38. The molecule has 40 heavy (non-hydrogen) atoms. The molecule has 4 heterocycles. The minimum Gasteiger partial charge on any atom is -0.399 e. The van der Waals surface area contributed by atoms with Gasteiger partial charge in [-0.25, -0.2) is 9.37 Å². The normalized spacial score (nSPS) is 15.2. The average molecular weight is 534 g/mol. The number of rotatable bonds is 6. The highest BCUT2D eigenvalue weighted by Gasteiger charge is 2.17. The van der Waals surface area contributed by atoms with E-state index in [1.807, 2.05) is 37.5 Å². The van der Waals surface area contributed by atoms with E-state index in [0.717, 1.165) is 39.6 Å². The number of pyridine rings is 2. The molecule has 0 radical (unpaired) electrons. The largest absolute Gasteiger partial charge is 0.399 e. The molecular weight excluding hydrogens is 501 g/mol. The van der Waals surface area contributed by atoms with Crippen LogP contribution in [0.15, 0.2) is 55.5 Å². The number of hydrogen-bond donors (Lipinski definition) is 3. The molecule has 1 aromatic carbocycles. The van der Waals surface area contributed by atoms with Gasteiger partial charge in [-0.05, 0) is 72.4 Å². The first kappa shape index (κ1) is 25.7. The van der Waals surface area contributed by atoms with E-state index in [-0.39, 0.29) is 0 Å². The quantitative estimate of drug-likeness (QED) is 0.248. The molecule has 0 atom stereocenters. The van der Waals surface area contributed by atoms with Crippen molar-refractivity contribution < 1.29 is 4.39 Å². The maximum atomic E-state index is 14.1. The van der Waals surface area contributed by atoms with Crippen LogP contribution in [0.25, 0.3) is 51.5 Å². The van der Waals surface area contributed by atoms with E-state index in [0.29, 0.717) is 34.0 Å². The first-order chi connectivity index (χ1) is 19.5. The van der Waals surface area contributed by atoms with Gasteiger partial charge in [-0.3, -0.25) is 15.1 Å². The van der Waals surface area contributed by atoms with Crippen LogP contribution >= 0.6 is 0 Å². The van der Waals surface area contributed by atoms with Gasteiger partial charge in [-0.2, -0.15) is 5.10 Å². The highest BCUT2D eigenvalue weighted by molar-refractivity contribution is 5.92. The number of nitrogens with one attached hydrogen (secondary N) is 2. The standard InChI is InChI=1S/C32H32FN7/c1-3-27-26(11-19(2)23-13-21(17-35-18-23)12-20-7-5-4-6-8-20)30(40-39-27)32-37-28-9-10-36-29(31(28)38-32)22-14-24(33)16-25(34)15-22/h3,9-11,13-18,20,39H,2,4-8,12,34H2,1H3,(H,37,38)/b26-11+,27-3+. The van der Waals surface area contributed by atoms with Crippen molar-refractivity contribution in [3.63, 3.8) is 0 Å². The van der Waals surface area contributed by atoms with Crippen LogP contribution in [0.3, 0.4) is 0 Å². The van der Waals surface area contributed by atoms with E-state index in [1.54, 1.807) is 12.3 Å². The van der Waals surface area contributed by atoms with E-state index in [4.69, 9.17) is 10.7 Å². The van der Waals surface area contributed by atoms with E-state index in [9.17, 15) is 4.39 Å². The number of aromatic nitrogens is 6. The number of aromatic amines is 2. The number of halogens is 1. The topological polar surface area (TPSA) is 109 Å². The molecule has 1 aliphatic rings. The van der Waals surface area contributed by atoms with Crippen LogP contribution in [0, 0.1) is 11.7 Å². The van der Waals surface area contributed by atoms with Gasteiger partial charge in [0, 0.05) is 35.1 Å². The number of allylic oxidation sites excluding steroid dienone is 1. The summed E-state index contributed by atoms with van der Waals surface area (Å²) in [7, 11) is 0. The minimum atomic E-state index is -0.423. The summed E-state index contributed by atoms with van der Waals surface area (Å²) in [6, 6.07) is 8.42. The fourth-order valence-electron chi connectivity index (χ4n) is 5.68. The minimum absolute atomic E-state index is 0.327. The van der Waals surface area contributed by atoms with Crippen LogP contribution in [0.2, 0.25) is 0 Å². The summed E-state index contributed by atoms with van der Waals surface area (Å²) in [6.45, 7) is 6.33. The number of imidazole rings is 1. The number of benzene rings is 1. The van der Waals surface area contributed by atoms with Gasteiger partial charge in [-0.15, -0.1) is 0 Å². The first-order valence-electron chi connectivity index (χ1n) is 13.8. The molecule has 0 bridgehead atoms. The second-order valence-electron chi connectivity index (χ2n) is 10.6. The van der Waals surface area contributed by atoms with Crippen LogP contribution in [0.4, 0.5) is 10.1 Å². The molecular formula is C32H32FN7. The maximum Gasteiger partial charge on any atom is 0.159 e. The zero-order chi connectivity index (χ0) is 27.6. The Kier molecular flexibility index (Phi) is 6.99. The Bertz CT molecular complexity index is 1810. The van der Waals surface area contributed by atoms with Crippen molar-refractivity contribution in [1.29, 1.82) is 0 Å². The Labute approximate surface area is 231 Å². The molecule has 0 spiro atoms. The molecule has 1 aliphatic carbocycles. The number of fused-ring (bicyclic) bond motifs is 1. The van der Waals surface area contributed by atoms with Crippen molar-refractivity contribution in [3.8, 4) is 22.8 Å². The Morgan fingerprint density at radius 3 is 2.77 bits per heavy atom. The van der Waals surface area contributed by atoms with Gasteiger partial charge < -0.3 is 10.7 Å². The predicted octanol–water partition coefficient (Wildman–Crippen LogP) is 5.55. The first-order valence-corrected chi connectivity index (χ1v) is 13.8. The number of nitrogens with two attached hydrogens (primary N) is 1. The smallest absolute Gasteiger partial charge is 0.159 e. The van der Waals surface area contributed by atoms with Crippen LogP contribution in [-0.4, -0.2) is 30.1 Å². The lowest BCUT2D eigenvalue weighted by Gasteiger charge is -2.21. The molecule has 7 nitrogen and oxygen atoms in total. The number of nitrogen functional groups attached to an aromatic ring is 1. The van der Waals surface area contributed by atoms with Crippen molar-refractivity contribution >= 4 is 34.4 Å². The molecule has 0 saturated heterocycles. The summed E-state index contributed by atoms with van der Waals surface area (Å²) in [4.78, 5) is 17.2. The molecule has 1 saturated carbocycles. The average Bonchev–Trinajstić information content (AvgIpc) is 3.57. The zero-order valence-electron chi connectivity index (χ0n) is 22.5. The fourth-order valence-corrected chi connectivity index (χ4v) is 5.68. The lowest BCUT2D eigenvalue weighted by Crippen LogP contribution is -2.23. The Hall–Kier alpha value is -4.59. The van der Waals surface area contributed by atoms with Crippen LogP contribution in [0.5, 0.6) is 0 Å². The summed E-state index contributed by atoms with van der Waals surface area (Å²) in [5, 5.41) is 9.43. The molecule has 202 valence electrons. The summed E-state index contributed by atoms with van der Waals surface area (Å²) >= 11 is 0. The van der Waals surface area contributed by atoms with Gasteiger partial charge in [-0.1, -0.05) is 44.8 Å². The SMILES string of the molecule is C=C(/C=c1/c(-c2nc3c(-c4cc(N)cc(F)c4)nccc3[nH]2)n[nH]/c1=C/C)c1cncc(CC2CCCCC2)c1. The summed E-state index contributed by atoms with van der Waals surface area (Å²) in [5.41, 5.74) is 12.4. The Morgan fingerprint density at radius 1 is 1.12 bits per heavy atom. The lowest BCUT2D eigenvalue weighted by atomic mass is 9.85. The number of H-pyrrole nitrogens is 2. The second kappa shape index (κ2) is 10.9. The second-order valence-corrected chi connectivity index (χ2v) is 10.6. The summed E-state index contributed by atoms with van der Waals surface area (Å²) in [5.74, 6) is 0.884. The van der Waals surface area contributed by atoms with Gasteiger partial charge >= 0.3 is 0 Å². The molecule has 8 heteroatoms. The van der Waals surface area contributed by atoms with Gasteiger partial charge in [0.05, 0.1) is 16.6 Å². The lowest BCUT2D eigenvalue weighted by molar-refractivity contribution is 0.356. The van der Waals surface area contributed by atoms with Crippen LogP contribution in [0.1, 0.15) is 50.2 Å². The van der Waals surface area contributed by atoms with Gasteiger partial charge in [0.25, 0.3) is 0 Å². The third-order valence-electron chi connectivity index (χ3n) is 7.67. The predicted molar refractivity (Wildman–Crippen MR) is 159 cm³/mol. The molecule has 4 N–H and O–H groups in total. The molecule has 5 aromatic rings. The van der Waals surface area contributed by atoms with Crippen LogP contribution in [-0.2, 0) is 6.42 Å². The molecule has 0 amide bonds. The molecule has 6 rings (SSSR count). The van der Waals surface area contributed by atoms with E-state index in [1.165, 1.54) is 49.8 Å². The van der Waals surface area contributed by atoms with Crippen molar-refractivity contribution in [2.24, 2.45) is 5.92 Å². The molecule has 1 fully saturated rings. The molecule has 0 aliphatic heterocycles. The van der Waals surface area contributed by atoms with E-state index < -0.39 is 5.82 Å². The number of nitrogens with zero attached hydrogens (tertiary/aromatic N) is 4. The zero-order valence-corrected chi connectivity index (χ0v) is 22.5. The fraction of sp³-hybridized carbons (Fsp3) is 0.250.